The zero-order valence-corrected chi connectivity index (χ0v) is 12.5. The molecule has 1 amide bonds. The maximum Gasteiger partial charge on any atom is 0.225 e. The second-order valence-electron chi connectivity index (χ2n) is 4.65. The van der Waals surface area contributed by atoms with Crippen LogP contribution in [0.1, 0.15) is 6.42 Å². The number of halogens is 1. The molecule has 3 rings (SSSR count). The molecule has 3 N–H and O–H groups in total. The number of H-pyrrole nitrogens is 1. The van der Waals surface area contributed by atoms with Crippen molar-refractivity contribution in [3.63, 3.8) is 0 Å². The van der Waals surface area contributed by atoms with Crippen LogP contribution in [0.25, 0.3) is 10.9 Å². The third-order valence-electron chi connectivity index (χ3n) is 3.16. The number of aromatic amines is 1. The van der Waals surface area contributed by atoms with Gasteiger partial charge < -0.3 is 10.6 Å². The van der Waals surface area contributed by atoms with E-state index in [0.717, 1.165) is 34.6 Å². The van der Waals surface area contributed by atoms with Crippen molar-refractivity contribution in [1.82, 2.24) is 15.5 Å². The number of rotatable bonds is 3. The Kier molecular flexibility index (Phi) is 5.28. The molecule has 0 radical (unpaired) electrons. The molecule has 20 heavy (non-hydrogen) atoms. The monoisotopic (exact) mass is 312 g/mol. The van der Waals surface area contributed by atoms with Gasteiger partial charge in [0.05, 0.1) is 11.7 Å². The minimum atomic E-state index is 0. The van der Waals surface area contributed by atoms with E-state index < -0.39 is 0 Å². The fourth-order valence-electron chi connectivity index (χ4n) is 2.20. The van der Waals surface area contributed by atoms with Gasteiger partial charge in [0.1, 0.15) is 0 Å². The predicted octanol–water partition coefficient (Wildman–Crippen LogP) is 2.02. The largest absolute Gasteiger partial charge is 0.326 e. The summed E-state index contributed by atoms with van der Waals surface area (Å²) in [5.74, 6) is 2.19. The van der Waals surface area contributed by atoms with Crippen LogP contribution in [0.2, 0.25) is 0 Å². The summed E-state index contributed by atoms with van der Waals surface area (Å²) in [4.78, 5) is 12.0. The van der Waals surface area contributed by atoms with Gasteiger partial charge in [0.15, 0.2) is 0 Å². The van der Waals surface area contributed by atoms with Gasteiger partial charge in [0, 0.05) is 41.6 Å². The predicted molar refractivity (Wildman–Crippen MR) is 85.7 cm³/mol. The summed E-state index contributed by atoms with van der Waals surface area (Å²) in [6.07, 6.45) is 2.29. The Morgan fingerprint density at radius 2 is 2.40 bits per heavy atom. The molecule has 1 atom stereocenters. The van der Waals surface area contributed by atoms with E-state index in [1.54, 1.807) is 6.20 Å². The number of nitrogens with one attached hydrogen (secondary N) is 3. The van der Waals surface area contributed by atoms with Crippen LogP contribution in [0.5, 0.6) is 0 Å². The Balaban J connectivity index is 0.00000147. The van der Waals surface area contributed by atoms with Crippen molar-refractivity contribution in [3.8, 4) is 0 Å². The SMILES string of the molecule is Cl.O=C(CC1CSCCN1)Nc1ccc2cn[nH]c2c1. The Morgan fingerprint density at radius 1 is 1.50 bits per heavy atom. The van der Waals surface area contributed by atoms with Crippen LogP contribution in [0.15, 0.2) is 24.4 Å². The fourth-order valence-corrected chi connectivity index (χ4v) is 3.15. The van der Waals surface area contributed by atoms with Crippen molar-refractivity contribution >= 4 is 46.7 Å². The molecule has 0 bridgehead atoms. The molecule has 2 heterocycles. The average molecular weight is 313 g/mol. The molecular formula is C13H17ClN4OS. The summed E-state index contributed by atoms with van der Waals surface area (Å²) in [5.41, 5.74) is 1.74. The van der Waals surface area contributed by atoms with Crippen LogP contribution in [-0.4, -0.2) is 40.2 Å². The van der Waals surface area contributed by atoms with Gasteiger partial charge in [-0.2, -0.15) is 16.9 Å². The molecule has 1 unspecified atom stereocenters. The first kappa shape index (κ1) is 15.2. The summed E-state index contributed by atoms with van der Waals surface area (Å²) in [7, 11) is 0. The van der Waals surface area contributed by atoms with Crippen LogP contribution in [-0.2, 0) is 4.79 Å². The number of carbonyl (C=O) groups is 1. The van der Waals surface area contributed by atoms with Gasteiger partial charge in [-0.05, 0) is 18.2 Å². The Labute approximate surface area is 127 Å². The molecule has 1 aromatic heterocycles. The van der Waals surface area contributed by atoms with Gasteiger partial charge in [-0.3, -0.25) is 9.89 Å². The lowest BCUT2D eigenvalue weighted by Gasteiger charge is -2.22. The number of aromatic nitrogens is 2. The normalized spacial score (nSPS) is 18.5. The molecule has 1 aromatic carbocycles. The molecular weight excluding hydrogens is 296 g/mol. The molecule has 1 aliphatic heterocycles. The maximum absolute atomic E-state index is 12.0. The smallest absolute Gasteiger partial charge is 0.225 e. The van der Waals surface area contributed by atoms with E-state index >= 15 is 0 Å². The molecule has 0 aliphatic carbocycles. The van der Waals surface area contributed by atoms with E-state index in [9.17, 15) is 4.79 Å². The standard InChI is InChI=1S/C13H16N4OS.ClH/c18-13(6-11-8-19-4-3-14-11)16-10-2-1-9-7-15-17-12(9)5-10;/h1-2,5,7,11,14H,3-4,6,8H2,(H,15,17)(H,16,18);1H. The highest BCUT2D eigenvalue weighted by Gasteiger charge is 2.16. The second kappa shape index (κ2) is 6.97. The molecule has 1 saturated heterocycles. The van der Waals surface area contributed by atoms with Crippen LogP contribution >= 0.6 is 24.2 Å². The van der Waals surface area contributed by atoms with Crippen molar-refractivity contribution in [2.45, 2.75) is 12.5 Å². The van der Waals surface area contributed by atoms with Crippen molar-refractivity contribution in [1.29, 1.82) is 0 Å². The molecule has 0 spiro atoms. The maximum atomic E-state index is 12.0. The van der Waals surface area contributed by atoms with E-state index in [1.807, 2.05) is 30.0 Å². The summed E-state index contributed by atoms with van der Waals surface area (Å²) in [5, 5.41) is 14.2. The van der Waals surface area contributed by atoms with E-state index in [4.69, 9.17) is 0 Å². The third-order valence-corrected chi connectivity index (χ3v) is 4.29. The summed E-state index contributed by atoms with van der Waals surface area (Å²) >= 11 is 1.90. The van der Waals surface area contributed by atoms with Gasteiger partial charge in [0.2, 0.25) is 5.91 Å². The molecule has 0 saturated carbocycles. The lowest BCUT2D eigenvalue weighted by atomic mass is 10.2. The van der Waals surface area contributed by atoms with E-state index in [1.165, 1.54) is 0 Å². The number of carbonyl (C=O) groups excluding carboxylic acids is 1. The van der Waals surface area contributed by atoms with Crippen molar-refractivity contribution in [2.24, 2.45) is 0 Å². The average Bonchev–Trinajstić information content (AvgIpc) is 2.87. The number of hydrogen-bond donors (Lipinski definition) is 3. The highest BCUT2D eigenvalue weighted by molar-refractivity contribution is 7.99. The first-order valence-electron chi connectivity index (χ1n) is 6.35. The van der Waals surface area contributed by atoms with Gasteiger partial charge in [-0.15, -0.1) is 12.4 Å². The van der Waals surface area contributed by atoms with Gasteiger partial charge in [-0.1, -0.05) is 0 Å². The topological polar surface area (TPSA) is 69.8 Å². The Morgan fingerprint density at radius 3 is 3.20 bits per heavy atom. The third kappa shape index (κ3) is 3.65. The summed E-state index contributed by atoms with van der Waals surface area (Å²) in [6, 6.07) is 6.04. The van der Waals surface area contributed by atoms with Gasteiger partial charge >= 0.3 is 0 Å². The lowest BCUT2D eigenvalue weighted by Crippen LogP contribution is -2.39. The Hall–Kier alpha value is -1.24. The number of anilines is 1. The number of thioether (sulfide) groups is 1. The van der Waals surface area contributed by atoms with E-state index in [2.05, 4.69) is 20.8 Å². The van der Waals surface area contributed by atoms with Crippen LogP contribution < -0.4 is 10.6 Å². The molecule has 108 valence electrons. The first-order chi connectivity index (χ1) is 9.31. The van der Waals surface area contributed by atoms with Crippen molar-refractivity contribution in [2.75, 3.05) is 23.4 Å². The van der Waals surface area contributed by atoms with Crippen LogP contribution in [0, 0.1) is 0 Å². The van der Waals surface area contributed by atoms with E-state index in [-0.39, 0.29) is 24.4 Å². The minimum Gasteiger partial charge on any atom is -0.326 e. The highest BCUT2D eigenvalue weighted by Crippen LogP contribution is 2.17. The van der Waals surface area contributed by atoms with Crippen LogP contribution in [0.4, 0.5) is 5.69 Å². The molecule has 5 nitrogen and oxygen atoms in total. The second-order valence-corrected chi connectivity index (χ2v) is 5.80. The van der Waals surface area contributed by atoms with Gasteiger partial charge in [0.25, 0.3) is 0 Å². The van der Waals surface area contributed by atoms with Crippen molar-refractivity contribution in [3.05, 3.63) is 24.4 Å². The summed E-state index contributed by atoms with van der Waals surface area (Å²) < 4.78 is 0. The molecule has 1 aliphatic rings. The number of nitrogens with zero attached hydrogens (tertiary/aromatic N) is 1. The Bertz CT molecular complexity index is 583. The molecule has 7 heteroatoms. The molecule has 1 fully saturated rings. The first-order valence-corrected chi connectivity index (χ1v) is 7.51. The fraction of sp³-hybridized carbons (Fsp3) is 0.385. The number of benzene rings is 1. The zero-order chi connectivity index (χ0) is 13.1. The summed E-state index contributed by atoms with van der Waals surface area (Å²) in [6.45, 7) is 0.989. The molecule has 2 aromatic rings. The van der Waals surface area contributed by atoms with Crippen molar-refractivity contribution < 1.29 is 4.79 Å². The number of hydrogen-bond acceptors (Lipinski definition) is 4. The lowest BCUT2D eigenvalue weighted by molar-refractivity contribution is -0.116. The van der Waals surface area contributed by atoms with Gasteiger partial charge in [-0.25, -0.2) is 0 Å². The minimum absolute atomic E-state index is 0. The highest BCUT2D eigenvalue weighted by atomic mass is 35.5. The number of amides is 1. The zero-order valence-electron chi connectivity index (χ0n) is 10.9. The van der Waals surface area contributed by atoms with Crippen LogP contribution in [0.3, 0.4) is 0 Å². The van der Waals surface area contributed by atoms with E-state index in [0.29, 0.717) is 6.42 Å². The number of fused-ring (bicyclic) bond motifs is 1. The quantitative estimate of drug-likeness (QED) is 0.811.